The normalized spacial score (nSPS) is 13.1. The molecule has 1 heterocycles. The SMILES string of the molecule is COc1ccc(NC(=O)CC(c2cc(OC)c(OC)c(OC)c2)N2Cc3ccccc3C2=O)cc1. The van der Waals surface area contributed by atoms with Crippen molar-refractivity contribution in [3.05, 3.63) is 77.4 Å². The quantitative estimate of drug-likeness (QED) is 0.491. The average molecular weight is 477 g/mol. The molecule has 0 aromatic heterocycles. The standard InChI is InChI=1S/C27H28N2O6/c1-32-20-11-9-19(10-12-20)28-25(30)15-22(29-16-17-7-5-6-8-21(17)27(29)31)18-13-23(33-2)26(35-4)24(14-18)34-3/h5-14,22H,15-16H2,1-4H3,(H,28,30). The number of nitrogens with zero attached hydrogens (tertiary/aromatic N) is 1. The van der Waals surface area contributed by atoms with Crippen LogP contribution in [-0.4, -0.2) is 45.2 Å². The van der Waals surface area contributed by atoms with E-state index in [9.17, 15) is 9.59 Å². The summed E-state index contributed by atoms with van der Waals surface area (Å²) < 4.78 is 21.7. The molecule has 0 saturated carbocycles. The lowest BCUT2D eigenvalue weighted by Crippen LogP contribution is -2.32. The Bertz CT molecular complexity index is 1200. The predicted molar refractivity (Wildman–Crippen MR) is 131 cm³/mol. The van der Waals surface area contributed by atoms with Crippen LogP contribution in [-0.2, 0) is 11.3 Å². The zero-order valence-corrected chi connectivity index (χ0v) is 20.2. The molecular weight excluding hydrogens is 448 g/mol. The van der Waals surface area contributed by atoms with E-state index in [0.29, 0.717) is 46.4 Å². The number of amides is 2. The van der Waals surface area contributed by atoms with Crippen molar-refractivity contribution in [1.82, 2.24) is 4.90 Å². The van der Waals surface area contributed by atoms with Gasteiger partial charge in [0, 0.05) is 17.8 Å². The molecule has 1 N–H and O–H groups in total. The van der Waals surface area contributed by atoms with Gasteiger partial charge in [0.1, 0.15) is 5.75 Å². The molecule has 0 fully saturated rings. The zero-order valence-electron chi connectivity index (χ0n) is 20.2. The molecule has 1 aliphatic heterocycles. The summed E-state index contributed by atoms with van der Waals surface area (Å²) in [7, 11) is 6.17. The van der Waals surface area contributed by atoms with Crippen molar-refractivity contribution in [2.24, 2.45) is 0 Å². The van der Waals surface area contributed by atoms with Gasteiger partial charge >= 0.3 is 0 Å². The minimum absolute atomic E-state index is 0.0321. The van der Waals surface area contributed by atoms with E-state index in [4.69, 9.17) is 18.9 Å². The fourth-order valence-corrected chi connectivity index (χ4v) is 4.29. The van der Waals surface area contributed by atoms with Gasteiger partial charge in [-0.25, -0.2) is 0 Å². The number of fused-ring (bicyclic) bond motifs is 1. The van der Waals surface area contributed by atoms with Crippen LogP contribution < -0.4 is 24.3 Å². The second kappa shape index (κ2) is 10.4. The van der Waals surface area contributed by atoms with Gasteiger partial charge in [-0.3, -0.25) is 9.59 Å². The second-order valence-corrected chi connectivity index (χ2v) is 8.05. The first-order valence-electron chi connectivity index (χ1n) is 11.1. The minimum Gasteiger partial charge on any atom is -0.497 e. The van der Waals surface area contributed by atoms with Gasteiger partial charge in [-0.15, -0.1) is 0 Å². The highest BCUT2D eigenvalue weighted by Gasteiger charge is 2.35. The van der Waals surface area contributed by atoms with E-state index in [1.807, 2.05) is 18.2 Å². The summed E-state index contributed by atoms with van der Waals surface area (Å²) in [6.07, 6.45) is 0.0321. The summed E-state index contributed by atoms with van der Waals surface area (Å²) in [6, 6.07) is 17.5. The Morgan fingerprint density at radius 3 is 2.14 bits per heavy atom. The van der Waals surface area contributed by atoms with E-state index in [-0.39, 0.29) is 18.2 Å². The third-order valence-electron chi connectivity index (χ3n) is 6.05. The molecule has 1 unspecified atom stereocenters. The van der Waals surface area contributed by atoms with Crippen LogP contribution in [0.1, 0.15) is 33.9 Å². The smallest absolute Gasteiger partial charge is 0.255 e. The lowest BCUT2D eigenvalue weighted by molar-refractivity contribution is -0.117. The summed E-state index contributed by atoms with van der Waals surface area (Å²) in [5.74, 6) is 1.67. The van der Waals surface area contributed by atoms with E-state index in [0.717, 1.165) is 5.56 Å². The Balaban J connectivity index is 1.69. The van der Waals surface area contributed by atoms with Crippen LogP contribution in [0.15, 0.2) is 60.7 Å². The molecule has 2 amide bonds. The molecule has 0 aliphatic carbocycles. The predicted octanol–water partition coefficient (Wildman–Crippen LogP) is 4.45. The van der Waals surface area contributed by atoms with Crippen LogP contribution in [0.4, 0.5) is 5.69 Å². The maximum atomic E-state index is 13.3. The molecule has 0 saturated heterocycles. The van der Waals surface area contributed by atoms with Crippen LogP contribution >= 0.6 is 0 Å². The molecule has 8 nitrogen and oxygen atoms in total. The molecule has 3 aromatic rings. The number of nitrogens with one attached hydrogen (secondary N) is 1. The monoisotopic (exact) mass is 476 g/mol. The Kier molecular flexibility index (Phi) is 7.10. The van der Waals surface area contributed by atoms with Gasteiger partial charge in [0.25, 0.3) is 5.91 Å². The molecular formula is C27H28N2O6. The number of carbonyl (C=O) groups excluding carboxylic acids is 2. The third kappa shape index (κ3) is 4.87. The zero-order chi connectivity index (χ0) is 24.9. The minimum atomic E-state index is -0.568. The maximum Gasteiger partial charge on any atom is 0.255 e. The van der Waals surface area contributed by atoms with Crippen LogP contribution in [0.5, 0.6) is 23.0 Å². The van der Waals surface area contributed by atoms with Crippen molar-refractivity contribution < 1.29 is 28.5 Å². The van der Waals surface area contributed by atoms with E-state index >= 15 is 0 Å². The van der Waals surface area contributed by atoms with Crippen molar-refractivity contribution in [1.29, 1.82) is 0 Å². The van der Waals surface area contributed by atoms with Gasteiger partial charge in [-0.2, -0.15) is 0 Å². The molecule has 4 rings (SSSR count). The molecule has 3 aromatic carbocycles. The Morgan fingerprint density at radius 2 is 1.57 bits per heavy atom. The topological polar surface area (TPSA) is 86.3 Å². The number of carbonyl (C=O) groups is 2. The number of hydrogen-bond donors (Lipinski definition) is 1. The van der Waals surface area contributed by atoms with Crippen molar-refractivity contribution in [3.63, 3.8) is 0 Å². The lowest BCUT2D eigenvalue weighted by atomic mass is 10.00. The van der Waals surface area contributed by atoms with Crippen LogP contribution in [0.2, 0.25) is 0 Å². The fraction of sp³-hybridized carbons (Fsp3) is 0.259. The van der Waals surface area contributed by atoms with Crippen LogP contribution in [0.3, 0.4) is 0 Å². The number of ether oxygens (including phenoxy) is 4. The van der Waals surface area contributed by atoms with E-state index in [1.165, 1.54) is 21.3 Å². The van der Waals surface area contributed by atoms with Gasteiger partial charge in [-0.1, -0.05) is 18.2 Å². The van der Waals surface area contributed by atoms with Crippen molar-refractivity contribution in [2.45, 2.75) is 19.0 Å². The molecule has 0 bridgehead atoms. The molecule has 1 atom stereocenters. The first-order chi connectivity index (χ1) is 17.0. The molecule has 8 heteroatoms. The van der Waals surface area contributed by atoms with Crippen molar-refractivity contribution in [3.8, 4) is 23.0 Å². The van der Waals surface area contributed by atoms with Crippen LogP contribution in [0, 0.1) is 0 Å². The number of hydrogen-bond acceptors (Lipinski definition) is 6. The summed E-state index contributed by atoms with van der Waals surface area (Å²) in [4.78, 5) is 28.2. The Morgan fingerprint density at radius 1 is 0.914 bits per heavy atom. The lowest BCUT2D eigenvalue weighted by Gasteiger charge is -2.29. The van der Waals surface area contributed by atoms with Gasteiger partial charge < -0.3 is 29.2 Å². The highest BCUT2D eigenvalue weighted by Crippen LogP contribution is 2.43. The maximum absolute atomic E-state index is 13.3. The van der Waals surface area contributed by atoms with E-state index < -0.39 is 6.04 Å². The Labute approximate surface area is 204 Å². The first-order valence-corrected chi connectivity index (χ1v) is 11.1. The number of rotatable bonds is 9. The third-order valence-corrected chi connectivity index (χ3v) is 6.05. The number of methoxy groups -OCH3 is 4. The van der Waals surface area contributed by atoms with Crippen LogP contribution in [0.25, 0.3) is 0 Å². The van der Waals surface area contributed by atoms with Crippen molar-refractivity contribution >= 4 is 17.5 Å². The molecule has 0 spiro atoms. The second-order valence-electron chi connectivity index (χ2n) is 8.05. The molecule has 182 valence electrons. The van der Waals surface area contributed by atoms with Gasteiger partial charge in [0.2, 0.25) is 11.7 Å². The largest absolute Gasteiger partial charge is 0.497 e. The Hall–Kier alpha value is -4.20. The van der Waals surface area contributed by atoms with Gasteiger partial charge in [-0.05, 0) is 53.6 Å². The van der Waals surface area contributed by atoms with E-state index in [2.05, 4.69) is 5.32 Å². The highest BCUT2D eigenvalue weighted by atomic mass is 16.5. The molecule has 0 radical (unpaired) electrons. The summed E-state index contributed by atoms with van der Waals surface area (Å²) >= 11 is 0. The van der Waals surface area contributed by atoms with E-state index in [1.54, 1.807) is 54.5 Å². The first kappa shape index (κ1) is 23.9. The fourth-order valence-electron chi connectivity index (χ4n) is 4.29. The molecule has 1 aliphatic rings. The summed E-state index contributed by atoms with van der Waals surface area (Å²) in [5, 5.41) is 2.91. The summed E-state index contributed by atoms with van der Waals surface area (Å²) in [6.45, 7) is 0.395. The average Bonchev–Trinajstić information content (AvgIpc) is 3.22. The number of benzene rings is 3. The van der Waals surface area contributed by atoms with Gasteiger partial charge in [0.15, 0.2) is 11.5 Å². The van der Waals surface area contributed by atoms with Gasteiger partial charge in [0.05, 0.1) is 40.9 Å². The number of anilines is 1. The molecule has 35 heavy (non-hydrogen) atoms. The summed E-state index contributed by atoms with van der Waals surface area (Å²) in [5.41, 5.74) is 2.90. The van der Waals surface area contributed by atoms with Crippen molar-refractivity contribution in [2.75, 3.05) is 33.8 Å². The highest BCUT2D eigenvalue weighted by molar-refractivity contribution is 5.99.